The normalized spacial score (nSPS) is 15.3. The van der Waals surface area contributed by atoms with Gasteiger partial charge in [-0.05, 0) is 29.1 Å². The van der Waals surface area contributed by atoms with Gasteiger partial charge in [-0.15, -0.1) is 0 Å². The molecular weight excluding hydrogens is 572 g/mol. The lowest BCUT2D eigenvalue weighted by Crippen LogP contribution is -2.36. The van der Waals surface area contributed by atoms with Gasteiger partial charge >= 0.3 is 24.3 Å². The third kappa shape index (κ3) is 11.0. The average Bonchev–Trinajstić information content (AvgIpc) is 3.53. The largest absolute Gasteiger partial charge is 0.490 e. The SMILES string of the molecule is O=C(NCC1CN(Cc2cccnc2)Cc2ccnn2C1)c1ccsc1.O=C(O)C(F)(F)F.O=C(O)C(F)(F)F. The summed E-state index contributed by atoms with van der Waals surface area (Å²) in [6.07, 6.45) is -4.61. The molecule has 3 aromatic heterocycles. The molecule has 10 nitrogen and oxygen atoms in total. The van der Waals surface area contributed by atoms with Gasteiger partial charge in [-0.3, -0.25) is 19.4 Å². The fraction of sp³-hybridized carbons (Fsp3) is 0.348. The molecule has 40 heavy (non-hydrogen) atoms. The molecule has 0 spiro atoms. The Morgan fingerprint density at radius 3 is 2.17 bits per heavy atom. The number of halogens is 6. The first-order valence-electron chi connectivity index (χ1n) is 11.2. The van der Waals surface area contributed by atoms with E-state index in [-0.39, 0.29) is 5.91 Å². The van der Waals surface area contributed by atoms with Crippen molar-refractivity contribution in [1.29, 1.82) is 0 Å². The maximum absolute atomic E-state index is 12.3. The summed E-state index contributed by atoms with van der Waals surface area (Å²) in [5, 5.41) is 25.6. The molecule has 0 saturated carbocycles. The molecule has 0 aromatic carbocycles. The Balaban J connectivity index is 0.000000333. The van der Waals surface area contributed by atoms with Crippen LogP contribution in [-0.2, 0) is 29.2 Å². The van der Waals surface area contributed by atoms with E-state index < -0.39 is 24.3 Å². The number of hydrogen-bond acceptors (Lipinski definition) is 7. The summed E-state index contributed by atoms with van der Waals surface area (Å²) in [4.78, 5) is 36.7. The minimum Gasteiger partial charge on any atom is -0.475 e. The lowest BCUT2D eigenvalue weighted by Gasteiger charge is -2.24. The van der Waals surface area contributed by atoms with Crippen molar-refractivity contribution in [2.24, 2.45) is 5.92 Å². The third-order valence-corrected chi connectivity index (χ3v) is 5.77. The number of carboxylic acid groups (broad SMARTS) is 2. The van der Waals surface area contributed by atoms with Crippen LogP contribution in [-0.4, -0.2) is 73.2 Å². The Kier molecular flexibility index (Phi) is 11.6. The number of amides is 1. The van der Waals surface area contributed by atoms with E-state index in [9.17, 15) is 31.1 Å². The molecular formula is C23H23F6N5O5S. The fourth-order valence-electron chi connectivity index (χ4n) is 3.35. The van der Waals surface area contributed by atoms with Gasteiger partial charge in [0.15, 0.2) is 0 Å². The van der Waals surface area contributed by atoms with Gasteiger partial charge in [0.25, 0.3) is 5.91 Å². The zero-order valence-corrected chi connectivity index (χ0v) is 21.2. The topological polar surface area (TPSA) is 138 Å². The summed E-state index contributed by atoms with van der Waals surface area (Å²) < 4.78 is 65.5. The molecule has 0 bridgehead atoms. The van der Waals surface area contributed by atoms with Crippen molar-refractivity contribution < 1.29 is 50.9 Å². The molecule has 0 radical (unpaired) electrons. The van der Waals surface area contributed by atoms with Crippen LogP contribution in [0.3, 0.4) is 0 Å². The number of aromatic nitrogens is 3. The standard InChI is InChI=1S/C19H21N5OS.2C2HF3O2/c25-19(17-4-7-26-14-17)21-9-16-11-23(10-15-2-1-5-20-8-15)13-18-3-6-22-24(18)12-16;2*3-2(4,5)1(6)7/h1-8,14,16H,9-13H2,(H,21,25);2*(H,6,7). The first-order chi connectivity index (χ1) is 18.7. The van der Waals surface area contributed by atoms with E-state index in [0.717, 1.165) is 31.7 Å². The van der Waals surface area contributed by atoms with Gasteiger partial charge in [0.05, 0.1) is 5.69 Å². The van der Waals surface area contributed by atoms with Crippen molar-refractivity contribution in [3.63, 3.8) is 0 Å². The monoisotopic (exact) mass is 595 g/mol. The molecule has 1 aliphatic rings. The van der Waals surface area contributed by atoms with Gasteiger partial charge in [0, 0.05) is 68.2 Å². The third-order valence-electron chi connectivity index (χ3n) is 5.09. The van der Waals surface area contributed by atoms with Crippen molar-refractivity contribution in [2.45, 2.75) is 32.0 Å². The Bertz CT molecular complexity index is 1210. The lowest BCUT2D eigenvalue weighted by atomic mass is 10.1. The zero-order chi connectivity index (χ0) is 29.9. The number of rotatable bonds is 5. The maximum atomic E-state index is 12.3. The van der Waals surface area contributed by atoms with E-state index in [1.807, 2.05) is 35.3 Å². The predicted molar refractivity (Wildman–Crippen MR) is 128 cm³/mol. The quantitative estimate of drug-likeness (QED) is 0.380. The highest BCUT2D eigenvalue weighted by atomic mass is 32.1. The van der Waals surface area contributed by atoms with Crippen LogP contribution in [0, 0.1) is 5.92 Å². The van der Waals surface area contributed by atoms with Crippen LogP contribution in [0.1, 0.15) is 21.6 Å². The highest BCUT2D eigenvalue weighted by Gasteiger charge is 2.38. The summed E-state index contributed by atoms with van der Waals surface area (Å²) in [6.45, 7) is 4.05. The molecule has 1 atom stereocenters. The van der Waals surface area contributed by atoms with Crippen molar-refractivity contribution >= 4 is 29.2 Å². The van der Waals surface area contributed by atoms with Crippen molar-refractivity contribution in [2.75, 3.05) is 13.1 Å². The molecule has 4 heterocycles. The number of nitrogens with zero attached hydrogens (tertiary/aromatic N) is 4. The van der Waals surface area contributed by atoms with E-state index in [4.69, 9.17) is 19.8 Å². The van der Waals surface area contributed by atoms with Crippen LogP contribution >= 0.6 is 11.3 Å². The number of pyridine rings is 1. The Hall–Kier alpha value is -3.99. The van der Waals surface area contributed by atoms with Crippen LogP contribution < -0.4 is 5.32 Å². The number of alkyl halides is 6. The molecule has 17 heteroatoms. The van der Waals surface area contributed by atoms with Gasteiger partial charge in [-0.2, -0.15) is 42.8 Å². The minimum absolute atomic E-state index is 0.00463. The Morgan fingerprint density at radius 1 is 1.00 bits per heavy atom. The average molecular weight is 596 g/mol. The molecule has 218 valence electrons. The molecule has 4 rings (SSSR count). The second-order valence-electron chi connectivity index (χ2n) is 8.23. The number of carbonyl (C=O) groups is 3. The summed E-state index contributed by atoms with van der Waals surface area (Å²) in [7, 11) is 0. The Labute approximate surface area is 226 Å². The predicted octanol–water partition coefficient (Wildman–Crippen LogP) is 3.67. The number of aliphatic carboxylic acids is 2. The van der Waals surface area contributed by atoms with Crippen LogP contribution in [0.25, 0.3) is 0 Å². The second-order valence-corrected chi connectivity index (χ2v) is 9.01. The minimum atomic E-state index is -5.08. The smallest absolute Gasteiger partial charge is 0.475 e. The van der Waals surface area contributed by atoms with Crippen molar-refractivity contribution in [3.05, 3.63) is 70.4 Å². The van der Waals surface area contributed by atoms with Gasteiger partial charge < -0.3 is 15.5 Å². The molecule has 3 aromatic rings. The van der Waals surface area contributed by atoms with Gasteiger partial charge in [-0.25, -0.2) is 9.59 Å². The molecule has 0 saturated heterocycles. The van der Waals surface area contributed by atoms with E-state index >= 15 is 0 Å². The van der Waals surface area contributed by atoms with E-state index in [1.165, 1.54) is 22.6 Å². The Morgan fingerprint density at radius 2 is 1.65 bits per heavy atom. The zero-order valence-electron chi connectivity index (χ0n) is 20.4. The van der Waals surface area contributed by atoms with E-state index in [2.05, 4.69) is 37.1 Å². The van der Waals surface area contributed by atoms with E-state index in [0.29, 0.717) is 12.5 Å². The summed E-state index contributed by atoms with van der Waals surface area (Å²) in [5.41, 5.74) is 3.14. The summed E-state index contributed by atoms with van der Waals surface area (Å²) >= 11 is 1.54. The summed E-state index contributed by atoms with van der Waals surface area (Å²) in [6, 6.07) is 7.99. The van der Waals surface area contributed by atoms with Gasteiger partial charge in [-0.1, -0.05) is 6.07 Å². The number of carbonyl (C=O) groups excluding carboxylic acids is 1. The number of thiophene rings is 1. The van der Waals surface area contributed by atoms with Crippen molar-refractivity contribution in [3.8, 4) is 0 Å². The molecule has 0 fully saturated rings. The maximum Gasteiger partial charge on any atom is 0.490 e. The van der Waals surface area contributed by atoms with Crippen LogP contribution in [0.15, 0.2) is 53.6 Å². The molecule has 1 unspecified atom stereocenters. The molecule has 1 amide bonds. The molecule has 1 aliphatic heterocycles. The highest BCUT2D eigenvalue weighted by Crippen LogP contribution is 2.18. The number of hydrogen-bond donors (Lipinski definition) is 3. The lowest BCUT2D eigenvalue weighted by molar-refractivity contribution is -0.193. The molecule has 3 N–H and O–H groups in total. The van der Waals surface area contributed by atoms with Crippen LogP contribution in [0.5, 0.6) is 0 Å². The molecule has 0 aliphatic carbocycles. The number of carboxylic acids is 2. The van der Waals surface area contributed by atoms with Crippen molar-refractivity contribution in [1.82, 2.24) is 25.0 Å². The van der Waals surface area contributed by atoms with Crippen LogP contribution in [0.2, 0.25) is 0 Å². The first-order valence-corrected chi connectivity index (χ1v) is 12.1. The van der Waals surface area contributed by atoms with Gasteiger partial charge in [0.2, 0.25) is 0 Å². The number of fused-ring (bicyclic) bond motifs is 1. The first kappa shape index (κ1) is 32.2. The summed E-state index contributed by atoms with van der Waals surface area (Å²) in [5.74, 6) is -5.22. The number of nitrogens with one attached hydrogen (secondary N) is 1. The van der Waals surface area contributed by atoms with Gasteiger partial charge in [0.1, 0.15) is 0 Å². The second kappa shape index (κ2) is 14.4. The highest BCUT2D eigenvalue weighted by molar-refractivity contribution is 7.08. The van der Waals surface area contributed by atoms with E-state index in [1.54, 1.807) is 6.20 Å². The van der Waals surface area contributed by atoms with Crippen LogP contribution in [0.4, 0.5) is 26.3 Å². The fourth-order valence-corrected chi connectivity index (χ4v) is 3.99.